The Morgan fingerprint density at radius 2 is 1.93 bits per heavy atom. The lowest BCUT2D eigenvalue weighted by Crippen LogP contribution is -2.24. The van der Waals surface area contributed by atoms with Crippen LogP contribution in [0, 0.1) is 0 Å². The first-order valence-electron chi connectivity index (χ1n) is 8.94. The summed E-state index contributed by atoms with van der Waals surface area (Å²) in [6, 6.07) is 11.9. The Labute approximate surface area is 168 Å². The van der Waals surface area contributed by atoms with Gasteiger partial charge in [0.05, 0.1) is 4.90 Å². The standard InChI is InChI=1S/C20H22F2N2O4S/c1-2-3-13-23-29(26,27)17-9-6-8-16(14-17)24-19(25)12-11-15-7-4-5-10-18(15)28-20(21)22/h4-12,14,20,23H,2-3,13H2,1H3,(H,24,25)/b12-11+. The number of ether oxygens (including phenoxy) is 1. The van der Waals surface area contributed by atoms with E-state index >= 15 is 0 Å². The molecule has 0 fully saturated rings. The van der Waals surface area contributed by atoms with Gasteiger partial charge in [-0.1, -0.05) is 37.6 Å². The lowest BCUT2D eigenvalue weighted by atomic mass is 10.2. The second-order valence-electron chi connectivity index (χ2n) is 6.02. The first kappa shape index (κ1) is 22.5. The van der Waals surface area contributed by atoms with Gasteiger partial charge in [0.15, 0.2) is 0 Å². The minimum absolute atomic E-state index is 0.0334. The molecule has 2 N–H and O–H groups in total. The number of alkyl halides is 2. The molecule has 0 aliphatic carbocycles. The number of halogens is 2. The molecule has 1 amide bonds. The minimum Gasteiger partial charge on any atom is -0.434 e. The fraction of sp³-hybridized carbons (Fsp3) is 0.250. The third-order valence-corrected chi connectivity index (χ3v) is 5.24. The van der Waals surface area contributed by atoms with Crippen LogP contribution >= 0.6 is 0 Å². The predicted octanol–water partition coefficient (Wildman–Crippen LogP) is 4.02. The Morgan fingerprint density at radius 3 is 2.66 bits per heavy atom. The number of carbonyl (C=O) groups excluding carboxylic acids is 1. The average Bonchev–Trinajstić information content (AvgIpc) is 2.67. The summed E-state index contributed by atoms with van der Waals surface area (Å²) in [6.07, 6.45) is 4.06. The third-order valence-electron chi connectivity index (χ3n) is 3.78. The van der Waals surface area contributed by atoms with Crippen LogP contribution in [0.2, 0.25) is 0 Å². The van der Waals surface area contributed by atoms with Gasteiger partial charge in [0, 0.05) is 23.9 Å². The van der Waals surface area contributed by atoms with Gasteiger partial charge in [-0.25, -0.2) is 13.1 Å². The summed E-state index contributed by atoms with van der Waals surface area (Å²) in [5, 5.41) is 2.55. The van der Waals surface area contributed by atoms with E-state index in [-0.39, 0.29) is 16.3 Å². The number of benzene rings is 2. The van der Waals surface area contributed by atoms with Crippen LogP contribution in [-0.2, 0) is 14.8 Å². The van der Waals surface area contributed by atoms with Crippen LogP contribution in [-0.4, -0.2) is 27.5 Å². The quantitative estimate of drug-likeness (QED) is 0.446. The average molecular weight is 424 g/mol. The number of unbranched alkanes of at least 4 members (excludes halogenated alkanes) is 1. The lowest BCUT2D eigenvalue weighted by molar-refractivity contribution is -0.111. The van der Waals surface area contributed by atoms with E-state index in [9.17, 15) is 22.0 Å². The fourth-order valence-electron chi connectivity index (χ4n) is 2.38. The van der Waals surface area contributed by atoms with E-state index < -0.39 is 22.5 Å². The van der Waals surface area contributed by atoms with Gasteiger partial charge in [0.25, 0.3) is 0 Å². The second kappa shape index (κ2) is 10.7. The summed E-state index contributed by atoms with van der Waals surface area (Å²) in [5.74, 6) is -0.608. The van der Waals surface area contributed by atoms with E-state index in [0.717, 1.165) is 18.9 Å². The molecule has 0 saturated carbocycles. The number of anilines is 1. The van der Waals surface area contributed by atoms with Gasteiger partial charge in [0.2, 0.25) is 15.9 Å². The summed E-state index contributed by atoms with van der Waals surface area (Å²) in [6.45, 7) is -0.692. The van der Waals surface area contributed by atoms with Crippen LogP contribution in [0.5, 0.6) is 5.75 Å². The van der Waals surface area contributed by atoms with E-state index in [0.29, 0.717) is 12.1 Å². The highest BCUT2D eigenvalue weighted by molar-refractivity contribution is 7.89. The van der Waals surface area contributed by atoms with Crippen molar-refractivity contribution in [3.8, 4) is 5.75 Å². The van der Waals surface area contributed by atoms with Crippen LogP contribution in [0.15, 0.2) is 59.5 Å². The molecule has 29 heavy (non-hydrogen) atoms. The molecular weight excluding hydrogens is 402 g/mol. The van der Waals surface area contributed by atoms with Crippen molar-refractivity contribution in [1.29, 1.82) is 0 Å². The van der Waals surface area contributed by atoms with Crippen LogP contribution in [0.1, 0.15) is 25.3 Å². The van der Waals surface area contributed by atoms with Gasteiger partial charge in [-0.3, -0.25) is 4.79 Å². The van der Waals surface area contributed by atoms with Crippen LogP contribution < -0.4 is 14.8 Å². The molecule has 0 aliphatic rings. The zero-order chi connectivity index (χ0) is 21.3. The molecule has 0 aliphatic heterocycles. The largest absolute Gasteiger partial charge is 0.434 e. The Kier molecular flexibility index (Phi) is 8.29. The highest BCUT2D eigenvalue weighted by Crippen LogP contribution is 2.22. The van der Waals surface area contributed by atoms with Crippen LogP contribution in [0.3, 0.4) is 0 Å². The summed E-state index contributed by atoms with van der Waals surface area (Å²) in [4.78, 5) is 12.2. The van der Waals surface area contributed by atoms with Crippen molar-refractivity contribution in [3.63, 3.8) is 0 Å². The first-order chi connectivity index (χ1) is 13.8. The fourth-order valence-corrected chi connectivity index (χ4v) is 3.50. The van der Waals surface area contributed by atoms with Gasteiger partial charge in [-0.2, -0.15) is 8.78 Å². The molecule has 9 heteroatoms. The number of para-hydroxylation sites is 1. The maximum atomic E-state index is 12.4. The smallest absolute Gasteiger partial charge is 0.387 e. The molecule has 2 aromatic carbocycles. The first-order valence-corrected chi connectivity index (χ1v) is 10.4. The van der Waals surface area contributed by atoms with Crippen molar-refractivity contribution in [2.24, 2.45) is 0 Å². The topological polar surface area (TPSA) is 84.5 Å². The highest BCUT2D eigenvalue weighted by atomic mass is 32.2. The van der Waals surface area contributed by atoms with Crippen molar-refractivity contribution in [2.45, 2.75) is 31.3 Å². The molecule has 0 saturated heterocycles. The number of hydrogen-bond donors (Lipinski definition) is 2. The number of sulfonamides is 1. The van der Waals surface area contributed by atoms with Crippen LogP contribution in [0.4, 0.5) is 14.5 Å². The molecule has 0 radical (unpaired) electrons. The molecule has 0 spiro atoms. The van der Waals surface area contributed by atoms with Crippen molar-refractivity contribution >= 4 is 27.7 Å². The number of rotatable bonds is 10. The SMILES string of the molecule is CCCCNS(=O)(=O)c1cccc(NC(=O)/C=C/c2ccccc2OC(F)F)c1. The molecule has 156 valence electrons. The van der Waals surface area contributed by atoms with Crippen LogP contribution in [0.25, 0.3) is 6.08 Å². The molecule has 0 unspecified atom stereocenters. The molecule has 0 aromatic heterocycles. The molecule has 0 atom stereocenters. The maximum Gasteiger partial charge on any atom is 0.387 e. The van der Waals surface area contributed by atoms with Gasteiger partial charge in [0.1, 0.15) is 5.75 Å². The van der Waals surface area contributed by atoms with Crippen molar-refractivity contribution < 1.29 is 26.7 Å². The van der Waals surface area contributed by atoms with Crippen molar-refractivity contribution in [1.82, 2.24) is 4.72 Å². The summed E-state index contributed by atoms with van der Waals surface area (Å²) >= 11 is 0. The minimum atomic E-state index is -3.67. The van der Waals surface area contributed by atoms with Gasteiger partial charge < -0.3 is 10.1 Å². The predicted molar refractivity (Wildman–Crippen MR) is 107 cm³/mol. The Morgan fingerprint density at radius 1 is 1.17 bits per heavy atom. The maximum absolute atomic E-state index is 12.4. The molecule has 0 heterocycles. The highest BCUT2D eigenvalue weighted by Gasteiger charge is 2.14. The van der Waals surface area contributed by atoms with E-state index in [1.807, 2.05) is 6.92 Å². The summed E-state index contributed by atoms with van der Waals surface area (Å²) in [7, 11) is -3.67. The molecular formula is C20H22F2N2O4S. The molecule has 2 rings (SSSR count). The summed E-state index contributed by atoms with van der Waals surface area (Å²) in [5.41, 5.74) is 0.592. The third kappa shape index (κ3) is 7.28. The van der Waals surface area contributed by atoms with Crippen molar-refractivity contribution in [2.75, 3.05) is 11.9 Å². The van der Waals surface area contributed by atoms with Crippen molar-refractivity contribution in [3.05, 3.63) is 60.2 Å². The number of nitrogens with one attached hydrogen (secondary N) is 2. The zero-order valence-corrected chi connectivity index (χ0v) is 16.6. The summed E-state index contributed by atoms with van der Waals surface area (Å²) < 4.78 is 56.3. The van der Waals surface area contributed by atoms with Gasteiger partial charge in [-0.05, 0) is 36.8 Å². The molecule has 0 bridgehead atoms. The monoisotopic (exact) mass is 424 g/mol. The lowest BCUT2D eigenvalue weighted by Gasteiger charge is -2.09. The van der Waals surface area contributed by atoms with E-state index in [1.165, 1.54) is 42.5 Å². The van der Waals surface area contributed by atoms with E-state index in [2.05, 4.69) is 14.8 Å². The van der Waals surface area contributed by atoms with Gasteiger partial charge >= 0.3 is 6.61 Å². The van der Waals surface area contributed by atoms with Gasteiger partial charge in [-0.15, -0.1) is 0 Å². The number of carbonyl (C=O) groups is 1. The molecule has 6 nitrogen and oxygen atoms in total. The second-order valence-corrected chi connectivity index (χ2v) is 7.79. The number of amides is 1. The Bertz CT molecular complexity index is 962. The number of hydrogen-bond acceptors (Lipinski definition) is 4. The Balaban J connectivity index is 2.07. The molecule has 2 aromatic rings. The van der Waals surface area contributed by atoms with E-state index in [1.54, 1.807) is 12.1 Å². The normalized spacial score (nSPS) is 11.7. The van der Waals surface area contributed by atoms with E-state index in [4.69, 9.17) is 0 Å². The zero-order valence-electron chi connectivity index (χ0n) is 15.8. The Hall–Kier alpha value is -2.78.